The molecule has 0 aliphatic carbocycles. The van der Waals surface area contributed by atoms with Crippen LogP contribution in [0, 0.1) is 0 Å². The molecule has 0 fully saturated rings. The molecular formula is C13H12N4O. The van der Waals surface area contributed by atoms with E-state index in [9.17, 15) is 0 Å². The van der Waals surface area contributed by atoms with Gasteiger partial charge >= 0.3 is 0 Å². The molecule has 1 aromatic carbocycles. The van der Waals surface area contributed by atoms with Crippen LogP contribution in [0.3, 0.4) is 0 Å². The van der Waals surface area contributed by atoms with Gasteiger partial charge in [0.1, 0.15) is 5.69 Å². The van der Waals surface area contributed by atoms with Gasteiger partial charge in [-0.05, 0) is 18.1 Å². The van der Waals surface area contributed by atoms with E-state index in [4.69, 9.17) is 4.52 Å². The molecule has 0 radical (unpaired) electrons. The zero-order valence-electron chi connectivity index (χ0n) is 9.71. The zero-order valence-corrected chi connectivity index (χ0v) is 9.71. The summed E-state index contributed by atoms with van der Waals surface area (Å²) in [4.78, 5) is 4.32. The molecule has 0 spiro atoms. The average molecular weight is 240 g/mol. The number of hydrogen-bond acceptors (Lipinski definition) is 4. The number of H-pyrrole nitrogens is 1. The van der Waals surface area contributed by atoms with Crippen LogP contribution in [0.25, 0.3) is 11.6 Å². The number of nitrogens with zero attached hydrogens (tertiary/aromatic N) is 3. The fourth-order valence-corrected chi connectivity index (χ4v) is 1.74. The van der Waals surface area contributed by atoms with Crippen LogP contribution in [0.1, 0.15) is 11.4 Å². The minimum absolute atomic E-state index is 0.482. The Morgan fingerprint density at radius 3 is 2.72 bits per heavy atom. The fourth-order valence-electron chi connectivity index (χ4n) is 1.74. The lowest BCUT2D eigenvalue weighted by molar-refractivity contribution is 0.421. The first-order valence-corrected chi connectivity index (χ1v) is 5.78. The number of nitrogens with one attached hydrogen (secondary N) is 1. The van der Waals surface area contributed by atoms with Crippen molar-refractivity contribution in [3.63, 3.8) is 0 Å². The SMILES string of the molecule is c1ccc(CCc2noc(-c3ccn[nH]3)n2)cc1. The summed E-state index contributed by atoms with van der Waals surface area (Å²) >= 11 is 0. The van der Waals surface area contributed by atoms with E-state index in [2.05, 4.69) is 32.5 Å². The van der Waals surface area contributed by atoms with Crippen molar-refractivity contribution in [3.8, 4) is 11.6 Å². The molecule has 0 bridgehead atoms. The van der Waals surface area contributed by atoms with E-state index in [0.29, 0.717) is 11.7 Å². The molecule has 0 amide bonds. The van der Waals surface area contributed by atoms with E-state index in [-0.39, 0.29) is 0 Å². The highest BCUT2D eigenvalue weighted by Crippen LogP contribution is 2.13. The highest BCUT2D eigenvalue weighted by atomic mass is 16.5. The summed E-state index contributed by atoms with van der Waals surface area (Å²) in [7, 11) is 0. The van der Waals surface area contributed by atoms with Gasteiger partial charge in [0.15, 0.2) is 5.82 Å². The van der Waals surface area contributed by atoms with Gasteiger partial charge < -0.3 is 4.52 Å². The van der Waals surface area contributed by atoms with Gasteiger partial charge in [-0.15, -0.1) is 0 Å². The number of rotatable bonds is 4. The molecule has 18 heavy (non-hydrogen) atoms. The average Bonchev–Trinajstić information content (AvgIpc) is 3.08. The molecular weight excluding hydrogens is 228 g/mol. The summed E-state index contributed by atoms with van der Waals surface area (Å²) in [6, 6.07) is 12.1. The third-order valence-electron chi connectivity index (χ3n) is 2.68. The maximum atomic E-state index is 5.17. The molecule has 3 aromatic rings. The lowest BCUT2D eigenvalue weighted by Crippen LogP contribution is -1.93. The maximum Gasteiger partial charge on any atom is 0.275 e. The molecule has 90 valence electrons. The molecule has 5 nitrogen and oxygen atoms in total. The van der Waals surface area contributed by atoms with Gasteiger partial charge in [0.25, 0.3) is 5.89 Å². The Morgan fingerprint density at radius 2 is 1.94 bits per heavy atom. The lowest BCUT2D eigenvalue weighted by atomic mass is 10.1. The zero-order chi connectivity index (χ0) is 12.2. The monoisotopic (exact) mass is 240 g/mol. The lowest BCUT2D eigenvalue weighted by Gasteiger charge is -1.96. The van der Waals surface area contributed by atoms with Crippen molar-refractivity contribution in [2.24, 2.45) is 0 Å². The first-order valence-electron chi connectivity index (χ1n) is 5.78. The second-order valence-electron chi connectivity index (χ2n) is 3.97. The standard InChI is InChI=1S/C13H12N4O/c1-2-4-10(5-3-1)6-7-12-15-13(18-17-12)11-8-9-14-16-11/h1-5,8-9H,6-7H2,(H,14,16). The molecule has 1 N–H and O–H groups in total. The number of aromatic nitrogens is 4. The largest absolute Gasteiger partial charge is 0.332 e. The van der Waals surface area contributed by atoms with Gasteiger partial charge in [-0.25, -0.2) is 0 Å². The second kappa shape index (κ2) is 4.83. The smallest absolute Gasteiger partial charge is 0.275 e. The van der Waals surface area contributed by atoms with E-state index in [1.807, 2.05) is 18.2 Å². The highest BCUT2D eigenvalue weighted by Gasteiger charge is 2.09. The Labute approximate surface area is 104 Å². The predicted molar refractivity (Wildman–Crippen MR) is 65.7 cm³/mol. The molecule has 5 heteroatoms. The van der Waals surface area contributed by atoms with Gasteiger partial charge in [0.05, 0.1) is 0 Å². The summed E-state index contributed by atoms with van der Waals surface area (Å²) < 4.78 is 5.17. The Bertz CT molecular complexity index is 601. The Hall–Kier alpha value is -2.43. The van der Waals surface area contributed by atoms with Gasteiger partial charge in [0.2, 0.25) is 0 Å². The van der Waals surface area contributed by atoms with Gasteiger partial charge in [0, 0.05) is 12.6 Å². The number of hydrogen-bond donors (Lipinski definition) is 1. The van der Waals surface area contributed by atoms with Crippen LogP contribution in [-0.2, 0) is 12.8 Å². The molecule has 2 aromatic heterocycles. The van der Waals surface area contributed by atoms with Crippen LogP contribution in [-0.4, -0.2) is 20.3 Å². The van der Waals surface area contributed by atoms with Crippen molar-refractivity contribution in [3.05, 3.63) is 54.0 Å². The van der Waals surface area contributed by atoms with E-state index in [0.717, 1.165) is 18.5 Å². The highest BCUT2D eigenvalue weighted by molar-refractivity contribution is 5.44. The molecule has 0 saturated heterocycles. The molecule has 0 saturated carbocycles. The summed E-state index contributed by atoms with van der Waals surface area (Å²) in [5, 5.41) is 10.6. The van der Waals surface area contributed by atoms with Crippen LogP contribution < -0.4 is 0 Å². The molecule has 2 heterocycles. The Kier molecular flexibility index (Phi) is 2.87. The van der Waals surface area contributed by atoms with Crippen LogP contribution in [0.4, 0.5) is 0 Å². The summed E-state index contributed by atoms with van der Waals surface area (Å²) in [5.74, 6) is 1.19. The van der Waals surface area contributed by atoms with Gasteiger partial charge in [-0.3, -0.25) is 5.10 Å². The molecule has 0 atom stereocenters. The molecule has 0 unspecified atom stereocenters. The summed E-state index contributed by atoms with van der Waals surface area (Å²) in [6.07, 6.45) is 3.33. The van der Waals surface area contributed by atoms with E-state index >= 15 is 0 Å². The summed E-state index contributed by atoms with van der Waals surface area (Å²) in [6.45, 7) is 0. The van der Waals surface area contributed by atoms with Crippen molar-refractivity contribution >= 4 is 0 Å². The van der Waals surface area contributed by atoms with Crippen molar-refractivity contribution in [2.75, 3.05) is 0 Å². The van der Waals surface area contributed by atoms with Crippen LogP contribution in [0.2, 0.25) is 0 Å². The normalized spacial score (nSPS) is 10.7. The number of aryl methyl sites for hydroxylation is 2. The van der Waals surface area contributed by atoms with Gasteiger partial charge in [-0.2, -0.15) is 10.1 Å². The van der Waals surface area contributed by atoms with E-state index in [1.54, 1.807) is 12.3 Å². The van der Waals surface area contributed by atoms with Crippen LogP contribution >= 0.6 is 0 Å². The number of aromatic amines is 1. The topological polar surface area (TPSA) is 67.6 Å². The fraction of sp³-hybridized carbons (Fsp3) is 0.154. The van der Waals surface area contributed by atoms with E-state index in [1.165, 1.54) is 5.56 Å². The molecule has 0 aliphatic rings. The minimum atomic E-state index is 0.482. The molecule has 0 aliphatic heterocycles. The Morgan fingerprint density at radius 1 is 1.06 bits per heavy atom. The predicted octanol–water partition coefficient (Wildman–Crippen LogP) is 2.24. The minimum Gasteiger partial charge on any atom is -0.332 e. The van der Waals surface area contributed by atoms with E-state index < -0.39 is 0 Å². The van der Waals surface area contributed by atoms with Crippen LogP contribution in [0.15, 0.2) is 47.1 Å². The first kappa shape index (κ1) is 10.7. The second-order valence-corrected chi connectivity index (χ2v) is 3.97. The summed E-state index contributed by atoms with van der Waals surface area (Å²) in [5.41, 5.74) is 2.01. The first-order chi connectivity index (χ1) is 8.92. The third-order valence-corrected chi connectivity index (χ3v) is 2.68. The van der Waals surface area contributed by atoms with Crippen molar-refractivity contribution in [1.29, 1.82) is 0 Å². The quantitative estimate of drug-likeness (QED) is 0.759. The number of benzene rings is 1. The van der Waals surface area contributed by atoms with Crippen molar-refractivity contribution in [2.45, 2.75) is 12.8 Å². The van der Waals surface area contributed by atoms with Crippen LogP contribution in [0.5, 0.6) is 0 Å². The van der Waals surface area contributed by atoms with Gasteiger partial charge in [-0.1, -0.05) is 35.5 Å². The Balaban J connectivity index is 1.68. The molecule has 3 rings (SSSR count). The maximum absolute atomic E-state index is 5.17. The van der Waals surface area contributed by atoms with Crippen molar-refractivity contribution in [1.82, 2.24) is 20.3 Å². The van der Waals surface area contributed by atoms with Crippen molar-refractivity contribution < 1.29 is 4.52 Å². The third kappa shape index (κ3) is 2.29.